The average Bonchev–Trinajstić information content (AvgIpc) is 2.97. The van der Waals surface area contributed by atoms with Crippen molar-refractivity contribution in [3.63, 3.8) is 0 Å². The molecular formula is C15H16ClN3O. The van der Waals surface area contributed by atoms with Gasteiger partial charge in [-0.25, -0.2) is 4.98 Å². The van der Waals surface area contributed by atoms with E-state index in [0.717, 1.165) is 24.4 Å². The molecule has 0 bridgehead atoms. The Balaban J connectivity index is 1.92. The second-order valence-electron chi connectivity index (χ2n) is 4.81. The van der Waals surface area contributed by atoms with Crippen LogP contribution in [0.15, 0.2) is 36.5 Å². The highest BCUT2D eigenvalue weighted by molar-refractivity contribution is 6.30. The first-order chi connectivity index (χ1) is 9.78. The number of hydrogen-bond acceptors (Lipinski definition) is 4. The van der Waals surface area contributed by atoms with Crippen molar-refractivity contribution in [1.29, 1.82) is 0 Å². The molecule has 0 spiro atoms. The Morgan fingerprint density at radius 2 is 2.25 bits per heavy atom. The number of benzene rings is 1. The van der Waals surface area contributed by atoms with E-state index in [-0.39, 0.29) is 6.04 Å². The minimum atomic E-state index is 0.279. The molecule has 1 fully saturated rings. The Morgan fingerprint density at radius 3 is 3.05 bits per heavy atom. The first-order valence-electron chi connectivity index (χ1n) is 6.67. The second kappa shape index (κ2) is 5.67. The van der Waals surface area contributed by atoms with Gasteiger partial charge in [0.2, 0.25) is 11.8 Å². The van der Waals surface area contributed by atoms with Crippen LogP contribution in [0.4, 0.5) is 5.95 Å². The molecule has 5 heteroatoms. The van der Waals surface area contributed by atoms with Gasteiger partial charge in [-0.2, -0.15) is 4.98 Å². The van der Waals surface area contributed by atoms with Gasteiger partial charge in [-0.15, -0.1) is 0 Å². The topological polar surface area (TPSA) is 38.2 Å². The van der Waals surface area contributed by atoms with Crippen LogP contribution in [0.5, 0.6) is 5.88 Å². The first kappa shape index (κ1) is 13.2. The minimum Gasteiger partial charge on any atom is -0.481 e. The Bertz CT molecular complexity index is 605. The molecule has 1 aliphatic heterocycles. The fourth-order valence-electron chi connectivity index (χ4n) is 2.65. The molecule has 4 nitrogen and oxygen atoms in total. The lowest BCUT2D eigenvalue weighted by molar-refractivity contribution is 0.396. The molecule has 1 atom stereocenters. The molecule has 0 amide bonds. The zero-order chi connectivity index (χ0) is 13.9. The maximum Gasteiger partial charge on any atom is 0.229 e. The number of hydrogen-bond donors (Lipinski definition) is 0. The predicted molar refractivity (Wildman–Crippen MR) is 79.4 cm³/mol. The summed E-state index contributed by atoms with van der Waals surface area (Å²) in [4.78, 5) is 11.0. The smallest absolute Gasteiger partial charge is 0.229 e. The molecule has 2 aromatic rings. The third kappa shape index (κ3) is 2.56. The first-order valence-corrected chi connectivity index (χ1v) is 7.05. The number of rotatable bonds is 3. The molecule has 3 rings (SSSR count). The van der Waals surface area contributed by atoms with Crippen molar-refractivity contribution >= 4 is 17.5 Å². The summed E-state index contributed by atoms with van der Waals surface area (Å²) >= 11 is 6.09. The van der Waals surface area contributed by atoms with Crippen molar-refractivity contribution in [3.05, 3.63) is 47.1 Å². The second-order valence-corrected chi connectivity index (χ2v) is 5.24. The van der Waals surface area contributed by atoms with Crippen LogP contribution >= 0.6 is 11.6 Å². The van der Waals surface area contributed by atoms with Crippen LogP contribution in [0.3, 0.4) is 0 Å². The quantitative estimate of drug-likeness (QED) is 0.867. The van der Waals surface area contributed by atoms with Gasteiger partial charge >= 0.3 is 0 Å². The van der Waals surface area contributed by atoms with Crippen molar-refractivity contribution < 1.29 is 4.74 Å². The van der Waals surface area contributed by atoms with Crippen LogP contribution in [-0.4, -0.2) is 23.6 Å². The van der Waals surface area contributed by atoms with E-state index in [0.29, 0.717) is 11.8 Å². The molecule has 1 aromatic heterocycles. The highest BCUT2D eigenvalue weighted by Gasteiger charge is 2.28. The summed E-state index contributed by atoms with van der Waals surface area (Å²) in [7, 11) is 1.62. The fourth-order valence-corrected chi connectivity index (χ4v) is 2.85. The number of anilines is 1. The largest absolute Gasteiger partial charge is 0.481 e. The van der Waals surface area contributed by atoms with Gasteiger partial charge in [0.25, 0.3) is 0 Å². The SMILES string of the molecule is COc1ccnc(N2CCC[C@H]2c2cccc(Cl)c2)n1. The summed E-state index contributed by atoms with van der Waals surface area (Å²) in [5.41, 5.74) is 1.21. The normalized spacial score (nSPS) is 18.3. The minimum absolute atomic E-state index is 0.279. The van der Waals surface area contributed by atoms with Crippen molar-refractivity contribution in [2.75, 3.05) is 18.6 Å². The molecule has 0 radical (unpaired) electrons. The summed E-state index contributed by atoms with van der Waals surface area (Å²) in [6.45, 7) is 0.949. The molecule has 1 aromatic carbocycles. The Labute approximate surface area is 123 Å². The van der Waals surface area contributed by atoms with Crippen molar-refractivity contribution in [2.45, 2.75) is 18.9 Å². The van der Waals surface area contributed by atoms with E-state index in [1.54, 1.807) is 19.4 Å². The summed E-state index contributed by atoms with van der Waals surface area (Å²) in [6, 6.07) is 10.0. The fraction of sp³-hybridized carbons (Fsp3) is 0.333. The predicted octanol–water partition coefficient (Wildman–Crippen LogP) is 3.48. The molecule has 0 N–H and O–H groups in total. The van der Waals surface area contributed by atoms with Gasteiger partial charge in [0.15, 0.2) is 0 Å². The number of aromatic nitrogens is 2. The van der Waals surface area contributed by atoms with Crippen LogP contribution in [0, 0.1) is 0 Å². The molecule has 20 heavy (non-hydrogen) atoms. The molecule has 104 valence electrons. The zero-order valence-corrected chi connectivity index (χ0v) is 12.0. The lowest BCUT2D eigenvalue weighted by Crippen LogP contribution is -2.24. The van der Waals surface area contributed by atoms with Crippen LogP contribution < -0.4 is 9.64 Å². The van der Waals surface area contributed by atoms with E-state index in [1.807, 2.05) is 18.2 Å². The third-order valence-corrected chi connectivity index (χ3v) is 3.80. The lowest BCUT2D eigenvalue weighted by atomic mass is 10.1. The van der Waals surface area contributed by atoms with E-state index in [4.69, 9.17) is 16.3 Å². The maximum atomic E-state index is 6.09. The summed E-state index contributed by atoms with van der Waals surface area (Å²) in [6.07, 6.45) is 3.94. The van der Waals surface area contributed by atoms with E-state index >= 15 is 0 Å². The maximum absolute atomic E-state index is 6.09. The van der Waals surface area contributed by atoms with Gasteiger partial charge in [-0.1, -0.05) is 23.7 Å². The van der Waals surface area contributed by atoms with Gasteiger partial charge in [-0.3, -0.25) is 0 Å². The molecule has 0 unspecified atom stereocenters. The Morgan fingerprint density at radius 1 is 1.35 bits per heavy atom. The highest BCUT2D eigenvalue weighted by atomic mass is 35.5. The monoisotopic (exact) mass is 289 g/mol. The number of methoxy groups -OCH3 is 1. The Kier molecular flexibility index (Phi) is 3.74. The van der Waals surface area contributed by atoms with E-state index in [1.165, 1.54) is 5.56 Å². The number of ether oxygens (including phenoxy) is 1. The van der Waals surface area contributed by atoms with Crippen molar-refractivity contribution in [1.82, 2.24) is 9.97 Å². The van der Waals surface area contributed by atoms with Crippen LogP contribution in [0.1, 0.15) is 24.4 Å². The summed E-state index contributed by atoms with van der Waals surface area (Å²) in [5.74, 6) is 1.30. The van der Waals surface area contributed by atoms with Crippen LogP contribution in [-0.2, 0) is 0 Å². The highest BCUT2D eigenvalue weighted by Crippen LogP contribution is 2.35. The molecule has 1 saturated heterocycles. The Hall–Kier alpha value is -1.81. The van der Waals surface area contributed by atoms with Crippen LogP contribution in [0.2, 0.25) is 5.02 Å². The van der Waals surface area contributed by atoms with E-state index in [2.05, 4.69) is 20.9 Å². The number of nitrogens with zero attached hydrogens (tertiary/aromatic N) is 3. The van der Waals surface area contributed by atoms with Crippen molar-refractivity contribution in [3.8, 4) is 5.88 Å². The van der Waals surface area contributed by atoms with E-state index < -0.39 is 0 Å². The molecule has 1 aliphatic rings. The van der Waals surface area contributed by atoms with Gasteiger partial charge in [0.1, 0.15) is 0 Å². The molecule has 0 saturated carbocycles. The third-order valence-electron chi connectivity index (χ3n) is 3.57. The molecular weight excluding hydrogens is 274 g/mol. The van der Waals surface area contributed by atoms with E-state index in [9.17, 15) is 0 Å². The van der Waals surface area contributed by atoms with Gasteiger partial charge in [0.05, 0.1) is 13.2 Å². The summed E-state index contributed by atoms with van der Waals surface area (Å²) in [5, 5.41) is 0.765. The van der Waals surface area contributed by atoms with Gasteiger partial charge in [0, 0.05) is 23.8 Å². The average molecular weight is 290 g/mol. The van der Waals surface area contributed by atoms with Crippen molar-refractivity contribution in [2.24, 2.45) is 0 Å². The van der Waals surface area contributed by atoms with Crippen LogP contribution in [0.25, 0.3) is 0 Å². The van der Waals surface area contributed by atoms with Gasteiger partial charge in [-0.05, 0) is 30.5 Å². The molecule has 0 aliphatic carbocycles. The number of halogens is 1. The molecule has 2 heterocycles. The van der Waals surface area contributed by atoms with Gasteiger partial charge < -0.3 is 9.64 Å². The zero-order valence-electron chi connectivity index (χ0n) is 11.3. The summed E-state index contributed by atoms with van der Waals surface area (Å²) < 4.78 is 5.18. The standard InChI is InChI=1S/C15H16ClN3O/c1-20-14-7-8-17-15(18-14)19-9-3-6-13(19)11-4-2-5-12(16)10-11/h2,4-5,7-8,10,13H,3,6,9H2,1H3/t13-/m0/s1. The lowest BCUT2D eigenvalue weighted by Gasteiger charge is -2.25.